The minimum Gasteiger partial charge on any atom is -0.346 e. The van der Waals surface area contributed by atoms with Crippen LogP contribution in [0.2, 0.25) is 0 Å². The predicted molar refractivity (Wildman–Crippen MR) is 109 cm³/mol. The molecule has 0 spiro atoms. The van der Waals surface area contributed by atoms with Gasteiger partial charge in [-0.05, 0) is 36.8 Å². The third-order valence-corrected chi connectivity index (χ3v) is 8.48. The number of carbonyl (C=O) groups excluding carboxylic acids is 2. The highest BCUT2D eigenvalue weighted by Gasteiger charge is 2.31. The molecule has 1 saturated carbocycles. The van der Waals surface area contributed by atoms with Gasteiger partial charge in [0.1, 0.15) is 9.46 Å². The summed E-state index contributed by atoms with van der Waals surface area (Å²) in [7, 11) is -3.70. The van der Waals surface area contributed by atoms with Crippen molar-refractivity contribution in [2.45, 2.75) is 48.1 Å². The van der Waals surface area contributed by atoms with Crippen LogP contribution in [0.15, 0.2) is 46.0 Å². The summed E-state index contributed by atoms with van der Waals surface area (Å²) in [5.41, 5.74) is 1.59. The second-order valence-electron chi connectivity index (χ2n) is 7.04. The van der Waals surface area contributed by atoms with Gasteiger partial charge in [-0.15, -0.1) is 11.3 Å². The van der Waals surface area contributed by atoms with Gasteiger partial charge in [0, 0.05) is 12.6 Å². The summed E-state index contributed by atoms with van der Waals surface area (Å²) in [4.78, 5) is 24.3. The molecule has 28 heavy (non-hydrogen) atoms. The van der Waals surface area contributed by atoms with Crippen molar-refractivity contribution >= 4 is 33.0 Å². The number of hydrogen-bond donors (Lipinski definition) is 2. The lowest BCUT2D eigenvalue weighted by Crippen LogP contribution is -2.45. The normalized spacial score (nSPS) is 15.9. The number of thiophene rings is 1. The van der Waals surface area contributed by atoms with Crippen molar-refractivity contribution in [2.24, 2.45) is 0 Å². The van der Waals surface area contributed by atoms with Crippen molar-refractivity contribution in [3.05, 3.63) is 52.9 Å². The van der Waals surface area contributed by atoms with Crippen molar-refractivity contribution in [1.82, 2.24) is 10.6 Å². The van der Waals surface area contributed by atoms with E-state index in [1.165, 1.54) is 0 Å². The van der Waals surface area contributed by atoms with Crippen molar-refractivity contribution < 1.29 is 18.0 Å². The largest absolute Gasteiger partial charge is 0.346 e. The highest BCUT2D eigenvalue weighted by Crippen LogP contribution is 2.31. The Morgan fingerprint density at radius 1 is 1.11 bits per heavy atom. The third kappa shape index (κ3) is 4.80. The number of carbonyl (C=O) groups is 2. The molecule has 1 aliphatic rings. The van der Waals surface area contributed by atoms with Gasteiger partial charge in [-0.3, -0.25) is 9.59 Å². The molecule has 6 nitrogen and oxygen atoms in total. The fraction of sp³-hybridized carbons (Fsp3) is 0.400. The standard InChI is InChI=1S/C20H24N2O4S2/c1-14-8-10-15(11-9-14)17(28(25,26)18-7-4-12-27-18)13-21-19(23)20(24)22-16-5-2-3-6-16/h4,7-12,16-17H,2-3,5-6,13H2,1H3,(H,21,23)(H,22,24)/t17-/m0/s1. The zero-order valence-electron chi connectivity index (χ0n) is 15.7. The van der Waals surface area contributed by atoms with Crippen LogP contribution in [-0.2, 0) is 19.4 Å². The zero-order chi connectivity index (χ0) is 20.1. The number of amides is 2. The molecule has 1 heterocycles. The first-order valence-electron chi connectivity index (χ1n) is 9.30. The predicted octanol–water partition coefficient (Wildman–Crippen LogP) is 2.75. The van der Waals surface area contributed by atoms with E-state index in [0.29, 0.717) is 5.56 Å². The fourth-order valence-corrected chi connectivity index (χ4v) is 6.21. The molecule has 8 heteroatoms. The van der Waals surface area contributed by atoms with E-state index in [0.717, 1.165) is 42.6 Å². The first-order chi connectivity index (χ1) is 13.4. The maximum atomic E-state index is 13.1. The first-order valence-corrected chi connectivity index (χ1v) is 11.7. The van der Waals surface area contributed by atoms with Crippen LogP contribution in [0.1, 0.15) is 42.1 Å². The molecule has 0 bridgehead atoms. The maximum absolute atomic E-state index is 13.1. The molecular formula is C20H24N2O4S2. The van der Waals surface area contributed by atoms with E-state index in [2.05, 4.69) is 10.6 Å². The second-order valence-corrected chi connectivity index (χ2v) is 10.3. The number of nitrogens with one attached hydrogen (secondary N) is 2. The zero-order valence-corrected chi connectivity index (χ0v) is 17.3. The Balaban J connectivity index is 1.75. The number of hydrogen-bond acceptors (Lipinski definition) is 5. The minimum absolute atomic E-state index is 0.0287. The first kappa shape index (κ1) is 20.5. The van der Waals surface area contributed by atoms with Crippen molar-refractivity contribution in [3.8, 4) is 0 Å². The van der Waals surface area contributed by atoms with Crippen LogP contribution in [0.25, 0.3) is 0 Å². The quantitative estimate of drug-likeness (QED) is 0.703. The smallest absolute Gasteiger partial charge is 0.309 e. The van der Waals surface area contributed by atoms with Gasteiger partial charge < -0.3 is 10.6 Å². The molecule has 1 aromatic heterocycles. The number of aryl methyl sites for hydroxylation is 1. The molecule has 1 fully saturated rings. The highest BCUT2D eigenvalue weighted by atomic mass is 32.2. The average Bonchev–Trinajstić information content (AvgIpc) is 3.37. The molecule has 1 aliphatic carbocycles. The van der Waals surface area contributed by atoms with Gasteiger partial charge in [-0.2, -0.15) is 0 Å². The third-order valence-electron chi connectivity index (χ3n) is 4.94. The van der Waals surface area contributed by atoms with E-state index >= 15 is 0 Å². The lowest BCUT2D eigenvalue weighted by molar-refractivity contribution is -0.139. The molecular weight excluding hydrogens is 396 g/mol. The fourth-order valence-electron chi connectivity index (χ4n) is 3.34. The average molecular weight is 421 g/mol. The van der Waals surface area contributed by atoms with Crippen molar-refractivity contribution in [1.29, 1.82) is 0 Å². The molecule has 0 unspecified atom stereocenters. The van der Waals surface area contributed by atoms with E-state index in [9.17, 15) is 18.0 Å². The minimum atomic E-state index is -3.70. The van der Waals surface area contributed by atoms with Gasteiger partial charge in [0.25, 0.3) is 0 Å². The van der Waals surface area contributed by atoms with Gasteiger partial charge in [0.2, 0.25) is 0 Å². The maximum Gasteiger partial charge on any atom is 0.309 e. The lowest BCUT2D eigenvalue weighted by Gasteiger charge is -2.19. The Hall–Kier alpha value is -2.19. The summed E-state index contributed by atoms with van der Waals surface area (Å²) in [5, 5.41) is 5.97. The molecule has 2 N–H and O–H groups in total. The molecule has 0 aliphatic heterocycles. The Kier molecular flexibility index (Phi) is 6.51. The van der Waals surface area contributed by atoms with E-state index in [4.69, 9.17) is 0 Å². The Morgan fingerprint density at radius 2 is 1.79 bits per heavy atom. The van der Waals surface area contributed by atoms with Gasteiger partial charge in [-0.1, -0.05) is 48.7 Å². The van der Waals surface area contributed by atoms with Crippen LogP contribution in [0, 0.1) is 6.92 Å². The monoisotopic (exact) mass is 420 g/mol. The summed E-state index contributed by atoms with van der Waals surface area (Å²) >= 11 is 1.14. The van der Waals surface area contributed by atoms with E-state index in [1.807, 2.05) is 19.1 Å². The van der Waals surface area contributed by atoms with Gasteiger partial charge in [-0.25, -0.2) is 8.42 Å². The Bertz CT molecular complexity index is 916. The topological polar surface area (TPSA) is 92.3 Å². The molecule has 150 valence electrons. The van der Waals surface area contributed by atoms with Crippen LogP contribution in [0.4, 0.5) is 0 Å². The molecule has 1 aromatic carbocycles. The van der Waals surface area contributed by atoms with E-state index in [1.54, 1.807) is 29.6 Å². The van der Waals surface area contributed by atoms with Gasteiger partial charge >= 0.3 is 11.8 Å². The van der Waals surface area contributed by atoms with Crippen LogP contribution in [0.3, 0.4) is 0 Å². The Labute approximate surface area is 169 Å². The van der Waals surface area contributed by atoms with Crippen LogP contribution >= 0.6 is 11.3 Å². The summed E-state index contributed by atoms with van der Waals surface area (Å²) in [5.74, 6) is -1.51. The number of rotatable bonds is 6. The highest BCUT2D eigenvalue weighted by molar-refractivity contribution is 7.93. The van der Waals surface area contributed by atoms with Crippen molar-refractivity contribution in [3.63, 3.8) is 0 Å². The molecule has 0 radical (unpaired) electrons. The Morgan fingerprint density at radius 3 is 2.39 bits per heavy atom. The van der Waals surface area contributed by atoms with E-state index in [-0.39, 0.29) is 16.8 Å². The SMILES string of the molecule is Cc1ccc([C@H](CNC(=O)C(=O)NC2CCCC2)S(=O)(=O)c2cccs2)cc1. The van der Waals surface area contributed by atoms with E-state index < -0.39 is 26.9 Å². The molecule has 2 amide bonds. The van der Waals surface area contributed by atoms with Gasteiger partial charge in [0.05, 0.1) is 0 Å². The molecule has 1 atom stereocenters. The summed E-state index contributed by atoms with van der Waals surface area (Å²) in [6.45, 7) is 1.75. The summed E-state index contributed by atoms with van der Waals surface area (Å²) in [6.07, 6.45) is 3.83. The summed E-state index contributed by atoms with van der Waals surface area (Å²) < 4.78 is 26.4. The summed E-state index contributed by atoms with van der Waals surface area (Å²) in [6, 6.07) is 10.4. The molecule has 3 rings (SSSR count). The van der Waals surface area contributed by atoms with Crippen LogP contribution in [-0.4, -0.2) is 32.8 Å². The number of benzene rings is 1. The second kappa shape index (κ2) is 8.87. The van der Waals surface area contributed by atoms with Crippen LogP contribution < -0.4 is 10.6 Å². The number of sulfone groups is 1. The van der Waals surface area contributed by atoms with Gasteiger partial charge in [0.15, 0.2) is 9.84 Å². The van der Waals surface area contributed by atoms with Crippen LogP contribution in [0.5, 0.6) is 0 Å². The molecule has 0 saturated heterocycles. The molecule has 2 aromatic rings. The van der Waals surface area contributed by atoms with Crippen molar-refractivity contribution in [2.75, 3.05) is 6.54 Å². The lowest BCUT2D eigenvalue weighted by atomic mass is 10.1.